The molecule has 0 saturated heterocycles. The Morgan fingerprint density at radius 3 is 2.38 bits per heavy atom. The molecule has 2 N–H and O–H groups in total. The number of nitrogens with two attached hydrogens (primary N) is 1. The normalized spacial score (nSPS) is 12.0. The smallest absolute Gasteiger partial charge is 0.109 e. The van der Waals surface area contributed by atoms with Crippen molar-refractivity contribution in [1.82, 2.24) is 0 Å². The molecular weight excluding hydrogens is 235 g/mol. The van der Waals surface area contributed by atoms with Crippen LogP contribution in [0.15, 0.2) is 18.2 Å². The first-order valence-electron chi connectivity index (χ1n) is 3.41. The van der Waals surface area contributed by atoms with E-state index in [9.17, 15) is 4.39 Å². The summed E-state index contributed by atoms with van der Waals surface area (Å²) in [6.45, 7) is -0.599. The van der Waals surface area contributed by atoms with Crippen LogP contribution in [-0.2, 0) is 0 Å². The van der Waals surface area contributed by atoms with Gasteiger partial charge in [0, 0.05) is 0 Å². The molecular formula is C8H9Cl3FN. The summed E-state index contributed by atoms with van der Waals surface area (Å²) in [5, 5.41) is 0.851. The van der Waals surface area contributed by atoms with Gasteiger partial charge < -0.3 is 5.73 Å². The Labute approximate surface area is 92.4 Å². The Hall–Kier alpha value is -0.0200. The maximum absolute atomic E-state index is 12.1. The van der Waals surface area contributed by atoms with E-state index in [-0.39, 0.29) is 12.4 Å². The third-order valence-corrected chi connectivity index (χ3v) is 2.28. The summed E-state index contributed by atoms with van der Waals surface area (Å²) in [6, 6.07) is 4.24. The Morgan fingerprint density at radius 1 is 1.31 bits per heavy atom. The summed E-state index contributed by atoms with van der Waals surface area (Å²) in [5.74, 6) is 0. The van der Waals surface area contributed by atoms with Crippen LogP contribution in [0.25, 0.3) is 0 Å². The van der Waals surface area contributed by atoms with Crippen LogP contribution in [0.5, 0.6) is 0 Å². The first kappa shape index (κ1) is 13.0. The minimum absolute atomic E-state index is 0. The van der Waals surface area contributed by atoms with Gasteiger partial charge in [-0.1, -0.05) is 29.3 Å². The molecule has 1 atom stereocenters. The molecule has 0 aliphatic carbocycles. The average Bonchev–Trinajstić information content (AvgIpc) is 2.08. The number of rotatable bonds is 2. The summed E-state index contributed by atoms with van der Waals surface area (Å²) in [4.78, 5) is 0. The van der Waals surface area contributed by atoms with Crippen LogP contribution in [0, 0.1) is 0 Å². The molecule has 0 unspecified atom stereocenters. The van der Waals surface area contributed by atoms with Gasteiger partial charge >= 0.3 is 0 Å². The number of benzene rings is 1. The van der Waals surface area contributed by atoms with Gasteiger partial charge in [-0.15, -0.1) is 12.4 Å². The Morgan fingerprint density at radius 2 is 1.92 bits per heavy atom. The third-order valence-electron chi connectivity index (χ3n) is 1.54. The Bertz CT molecular complexity index is 280. The van der Waals surface area contributed by atoms with Crippen LogP contribution in [0.3, 0.4) is 0 Å². The van der Waals surface area contributed by atoms with Crippen molar-refractivity contribution < 1.29 is 4.39 Å². The quantitative estimate of drug-likeness (QED) is 0.848. The van der Waals surface area contributed by atoms with E-state index >= 15 is 0 Å². The van der Waals surface area contributed by atoms with Gasteiger partial charge in [-0.2, -0.15) is 0 Å². The van der Waals surface area contributed by atoms with Crippen molar-refractivity contribution in [2.24, 2.45) is 5.73 Å². The van der Waals surface area contributed by atoms with Crippen LogP contribution < -0.4 is 5.73 Å². The zero-order valence-corrected chi connectivity index (χ0v) is 8.96. The van der Waals surface area contributed by atoms with E-state index in [1.807, 2.05) is 0 Å². The first-order valence-corrected chi connectivity index (χ1v) is 4.17. The predicted molar refractivity (Wildman–Crippen MR) is 56.6 cm³/mol. The molecule has 0 heterocycles. The molecule has 5 heteroatoms. The molecule has 0 spiro atoms. The molecule has 1 aromatic rings. The lowest BCUT2D eigenvalue weighted by Gasteiger charge is -2.07. The molecule has 1 nitrogen and oxygen atoms in total. The van der Waals surface area contributed by atoms with E-state index in [2.05, 4.69) is 0 Å². The summed E-state index contributed by atoms with van der Waals surface area (Å²) in [5.41, 5.74) is 6.10. The van der Waals surface area contributed by atoms with Crippen molar-refractivity contribution in [2.75, 3.05) is 6.67 Å². The predicted octanol–water partition coefficient (Wildman–Crippen LogP) is 3.38. The molecule has 0 amide bonds. The highest BCUT2D eigenvalue weighted by Gasteiger charge is 2.06. The molecule has 0 bridgehead atoms. The maximum Gasteiger partial charge on any atom is 0.109 e. The largest absolute Gasteiger partial charge is 0.322 e. The highest BCUT2D eigenvalue weighted by Crippen LogP contribution is 2.24. The highest BCUT2D eigenvalue weighted by molar-refractivity contribution is 6.42. The van der Waals surface area contributed by atoms with Crippen molar-refractivity contribution in [2.45, 2.75) is 6.04 Å². The molecule has 1 rings (SSSR count). The molecule has 0 radical (unpaired) electrons. The van der Waals surface area contributed by atoms with Gasteiger partial charge in [0.2, 0.25) is 0 Å². The van der Waals surface area contributed by atoms with Crippen LogP contribution in [-0.4, -0.2) is 6.67 Å². The summed E-state index contributed by atoms with van der Waals surface area (Å²) in [6.07, 6.45) is 0. The molecule has 0 aliphatic heterocycles. The van der Waals surface area contributed by atoms with Gasteiger partial charge in [0.05, 0.1) is 16.1 Å². The van der Waals surface area contributed by atoms with Crippen molar-refractivity contribution in [1.29, 1.82) is 0 Å². The zero-order chi connectivity index (χ0) is 9.14. The van der Waals surface area contributed by atoms with E-state index in [1.165, 1.54) is 0 Å². The number of halogens is 4. The van der Waals surface area contributed by atoms with Gasteiger partial charge in [-0.05, 0) is 17.7 Å². The fourth-order valence-corrected chi connectivity index (χ4v) is 1.14. The Balaban J connectivity index is 0.00000144. The molecule has 0 saturated carbocycles. The van der Waals surface area contributed by atoms with Crippen molar-refractivity contribution in [3.63, 3.8) is 0 Å². The summed E-state index contributed by atoms with van der Waals surface area (Å²) >= 11 is 11.4. The average molecular weight is 245 g/mol. The lowest BCUT2D eigenvalue weighted by atomic mass is 10.1. The monoisotopic (exact) mass is 243 g/mol. The molecule has 0 aliphatic rings. The van der Waals surface area contributed by atoms with Crippen LogP contribution in [0.1, 0.15) is 11.6 Å². The van der Waals surface area contributed by atoms with Crippen LogP contribution >= 0.6 is 35.6 Å². The molecule has 74 valence electrons. The second kappa shape index (κ2) is 5.66. The van der Waals surface area contributed by atoms with Crippen molar-refractivity contribution >= 4 is 35.6 Å². The van der Waals surface area contributed by atoms with E-state index in [0.717, 1.165) is 0 Å². The Kier molecular flexibility index (Phi) is 5.65. The molecule has 0 fully saturated rings. The number of hydrogen-bond donors (Lipinski definition) is 1. The minimum Gasteiger partial charge on any atom is -0.322 e. The second-order valence-corrected chi connectivity index (χ2v) is 3.25. The van der Waals surface area contributed by atoms with Crippen molar-refractivity contribution in [3.05, 3.63) is 33.8 Å². The highest BCUT2D eigenvalue weighted by atomic mass is 35.5. The molecule has 13 heavy (non-hydrogen) atoms. The van der Waals surface area contributed by atoms with Crippen molar-refractivity contribution in [3.8, 4) is 0 Å². The van der Waals surface area contributed by atoms with Gasteiger partial charge in [0.25, 0.3) is 0 Å². The first-order chi connectivity index (χ1) is 5.65. The standard InChI is InChI=1S/C8H8Cl2FN.ClH/c9-6-2-1-5(3-7(6)10)8(12)4-11;/h1-3,8H,4,12H2;1H/t8-;/m0./s1. The molecule has 1 aromatic carbocycles. The topological polar surface area (TPSA) is 26.0 Å². The van der Waals surface area contributed by atoms with Crippen LogP contribution in [0.4, 0.5) is 4.39 Å². The van der Waals surface area contributed by atoms with Crippen LogP contribution in [0.2, 0.25) is 10.0 Å². The molecule has 0 aromatic heterocycles. The number of hydrogen-bond acceptors (Lipinski definition) is 1. The summed E-state index contributed by atoms with van der Waals surface area (Å²) < 4.78 is 12.1. The summed E-state index contributed by atoms with van der Waals surface area (Å²) in [7, 11) is 0. The van der Waals surface area contributed by atoms with E-state index in [0.29, 0.717) is 15.6 Å². The van der Waals surface area contributed by atoms with E-state index in [1.54, 1.807) is 18.2 Å². The third kappa shape index (κ3) is 3.31. The SMILES string of the molecule is Cl.N[C@@H](CF)c1ccc(Cl)c(Cl)c1. The minimum atomic E-state index is -0.611. The lowest BCUT2D eigenvalue weighted by molar-refractivity contribution is 0.437. The van der Waals surface area contributed by atoms with Gasteiger partial charge in [0.15, 0.2) is 0 Å². The second-order valence-electron chi connectivity index (χ2n) is 2.43. The fraction of sp³-hybridized carbons (Fsp3) is 0.250. The van der Waals surface area contributed by atoms with Gasteiger partial charge in [-0.3, -0.25) is 0 Å². The number of alkyl halides is 1. The van der Waals surface area contributed by atoms with E-state index in [4.69, 9.17) is 28.9 Å². The van der Waals surface area contributed by atoms with Gasteiger partial charge in [0.1, 0.15) is 6.67 Å². The maximum atomic E-state index is 12.1. The fourth-order valence-electron chi connectivity index (χ4n) is 0.832. The zero-order valence-electron chi connectivity index (χ0n) is 6.64. The lowest BCUT2D eigenvalue weighted by Crippen LogP contribution is -2.11. The van der Waals surface area contributed by atoms with E-state index < -0.39 is 12.7 Å². The van der Waals surface area contributed by atoms with Gasteiger partial charge in [-0.25, -0.2) is 4.39 Å².